The Labute approximate surface area is 159 Å². The van der Waals surface area contributed by atoms with Crippen molar-refractivity contribution in [1.29, 1.82) is 0 Å². The molecule has 0 bridgehead atoms. The maximum atomic E-state index is 13.2. The summed E-state index contributed by atoms with van der Waals surface area (Å²) in [6, 6.07) is 19.5. The van der Waals surface area contributed by atoms with Gasteiger partial charge >= 0.3 is 0 Å². The monoisotopic (exact) mass is 364 g/mol. The minimum absolute atomic E-state index is 0.0267. The van der Waals surface area contributed by atoms with Crippen molar-refractivity contribution < 1.29 is 14.3 Å². The lowest BCUT2D eigenvalue weighted by molar-refractivity contribution is -0.170. The first-order chi connectivity index (χ1) is 13.1. The van der Waals surface area contributed by atoms with Crippen molar-refractivity contribution in [3.63, 3.8) is 0 Å². The van der Waals surface area contributed by atoms with E-state index in [0.29, 0.717) is 6.54 Å². The van der Waals surface area contributed by atoms with Gasteiger partial charge in [-0.1, -0.05) is 60.7 Å². The second kappa shape index (κ2) is 7.53. The Morgan fingerprint density at radius 2 is 1.70 bits per heavy atom. The molecule has 2 aliphatic rings. The lowest BCUT2D eigenvalue weighted by atomic mass is 9.96. The van der Waals surface area contributed by atoms with Gasteiger partial charge in [0.15, 0.2) is 6.10 Å². The van der Waals surface area contributed by atoms with Gasteiger partial charge in [-0.3, -0.25) is 9.59 Å². The SMILES string of the molecule is CN(Cc1ccccc1)C(=O)[C@@H]1OCC(=O)N(C2CC2)[C@H]1c1ccccc1. The van der Waals surface area contributed by atoms with E-state index >= 15 is 0 Å². The van der Waals surface area contributed by atoms with Crippen LogP contribution in [0.2, 0.25) is 0 Å². The number of morpholine rings is 1. The van der Waals surface area contributed by atoms with E-state index in [1.54, 1.807) is 11.9 Å². The van der Waals surface area contributed by atoms with E-state index in [0.717, 1.165) is 24.0 Å². The van der Waals surface area contributed by atoms with Crippen molar-refractivity contribution in [2.45, 2.75) is 37.6 Å². The van der Waals surface area contributed by atoms with Gasteiger partial charge in [-0.15, -0.1) is 0 Å². The topological polar surface area (TPSA) is 49.9 Å². The Morgan fingerprint density at radius 1 is 1.07 bits per heavy atom. The summed E-state index contributed by atoms with van der Waals surface area (Å²) in [5.74, 6) is -0.119. The summed E-state index contributed by atoms with van der Waals surface area (Å²) >= 11 is 0. The molecule has 0 unspecified atom stereocenters. The summed E-state index contributed by atoms with van der Waals surface area (Å²) in [5, 5.41) is 0. The molecule has 2 fully saturated rings. The van der Waals surface area contributed by atoms with E-state index in [1.165, 1.54) is 0 Å². The fraction of sp³-hybridized carbons (Fsp3) is 0.364. The third kappa shape index (κ3) is 3.74. The molecule has 0 aromatic heterocycles. The maximum Gasteiger partial charge on any atom is 0.254 e. The van der Waals surface area contributed by atoms with E-state index < -0.39 is 6.10 Å². The molecule has 1 heterocycles. The van der Waals surface area contributed by atoms with Gasteiger partial charge in [0.1, 0.15) is 6.61 Å². The highest BCUT2D eigenvalue weighted by atomic mass is 16.5. The number of rotatable bonds is 5. The fourth-order valence-electron chi connectivity index (χ4n) is 3.76. The van der Waals surface area contributed by atoms with Crippen molar-refractivity contribution in [3.8, 4) is 0 Å². The summed E-state index contributed by atoms with van der Waals surface area (Å²) in [6.45, 7) is 0.480. The highest BCUT2D eigenvalue weighted by molar-refractivity contribution is 5.86. The van der Waals surface area contributed by atoms with Crippen LogP contribution in [0.5, 0.6) is 0 Å². The number of carbonyl (C=O) groups is 2. The molecule has 2 atom stereocenters. The highest BCUT2D eigenvalue weighted by Gasteiger charge is 2.47. The first-order valence-electron chi connectivity index (χ1n) is 9.42. The minimum atomic E-state index is -0.681. The zero-order valence-corrected chi connectivity index (χ0v) is 15.5. The van der Waals surface area contributed by atoms with Crippen LogP contribution >= 0.6 is 0 Å². The van der Waals surface area contributed by atoms with Gasteiger partial charge in [-0.05, 0) is 24.0 Å². The number of hydrogen-bond acceptors (Lipinski definition) is 3. The van der Waals surface area contributed by atoms with Crippen molar-refractivity contribution in [2.24, 2.45) is 0 Å². The van der Waals surface area contributed by atoms with Gasteiger partial charge < -0.3 is 14.5 Å². The Balaban J connectivity index is 1.60. The molecule has 27 heavy (non-hydrogen) atoms. The smallest absolute Gasteiger partial charge is 0.254 e. The average Bonchev–Trinajstić information content (AvgIpc) is 3.53. The summed E-state index contributed by atoms with van der Waals surface area (Å²) in [7, 11) is 1.79. The van der Waals surface area contributed by atoms with Crippen LogP contribution in [0.15, 0.2) is 60.7 Å². The predicted molar refractivity (Wildman–Crippen MR) is 102 cm³/mol. The van der Waals surface area contributed by atoms with E-state index in [4.69, 9.17) is 4.74 Å². The van der Waals surface area contributed by atoms with Crippen LogP contribution in [0.3, 0.4) is 0 Å². The highest BCUT2D eigenvalue weighted by Crippen LogP contribution is 2.39. The first kappa shape index (κ1) is 17.7. The van der Waals surface area contributed by atoms with E-state index in [-0.39, 0.29) is 30.5 Å². The summed E-state index contributed by atoms with van der Waals surface area (Å²) in [4.78, 5) is 29.4. The Bertz CT molecular complexity index is 805. The van der Waals surface area contributed by atoms with Gasteiger partial charge in [0.25, 0.3) is 5.91 Å². The molecule has 1 aliphatic carbocycles. The number of benzene rings is 2. The van der Waals surface area contributed by atoms with Gasteiger partial charge in [0, 0.05) is 19.6 Å². The molecule has 140 valence electrons. The molecule has 5 heteroatoms. The molecular formula is C22H24N2O3. The largest absolute Gasteiger partial charge is 0.356 e. The van der Waals surface area contributed by atoms with Crippen LogP contribution in [-0.2, 0) is 20.9 Å². The molecule has 1 saturated heterocycles. The van der Waals surface area contributed by atoms with Crippen LogP contribution in [0.1, 0.15) is 30.0 Å². The summed E-state index contributed by atoms with van der Waals surface area (Å²) in [5.41, 5.74) is 2.01. The second-order valence-electron chi connectivity index (χ2n) is 7.30. The van der Waals surface area contributed by atoms with Gasteiger partial charge in [0.2, 0.25) is 5.91 Å². The molecule has 1 aliphatic heterocycles. The van der Waals surface area contributed by atoms with Gasteiger partial charge in [0.05, 0.1) is 6.04 Å². The zero-order chi connectivity index (χ0) is 18.8. The van der Waals surface area contributed by atoms with E-state index in [9.17, 15) is 9.59 Å². The first-order valence-corrected chi connectivity index (χ1v) is 9.42. The molecule has 0 N–H and O–H groups in total. The molecule has 0 radical (unpaired) electrons. The molecule has 2 aromatic carbocycles. The number of hydrogen-bond donors (Lipinski definition) is 0. The normalized spacial score (nSPS) is 22.6. The molecule has 2 amide bonds. The summed E-state index contributed by atoms with van der Waals surface area (Å²) < 4.78 is 5.80. The van der Waals surface area contributed by atoms with Gasteiger partial charge in [-0.2, -0.15) is 0 Å². The number of carbonyl (C=O) groups excluding carboxylic acids is 2. The number of amides is 2. The molecule has 2 aromatic rings. The third-order valence-corrected chi connectivity index (χ3v) is 5.22. The van der Waals surface area contributed by atoms with E-state index in [2.05, 4.69) is 0 Å². The van der Waals surface area contributed by atoms with E-state index in [1.807, 2.05) is 65.6 Å². The predicted octanol–water partition coefficient (Wildman–Crippen LogP) is 2.78. The number of likely N-dealkylation sites (N-methyl/N-ethyl adjacent to an activating group) is 1. The molecular weight excluding hydrogens is 340 g/mol. The van der Waals surface area contributed by atoms with Crippen LogP contribution in [0.4, 0.5) is 0 Å². The molecule has 0 spiro atoms. The fourth-order valence-corrected chi connectivity index (χ4v) is 3.76. The Kier molecular flexibility index (Phi) is 4.94. The average molecular weight is 364 g/mol. The zero-order valence-electron chi connectivity index (χ0n) is 15.5. The number of ether oxygens (including phenoxy) is 1. The minimum Gasteiger partial charge on any atom is -0.356 e. The maximum absolute atomic E-state index is 13.2. The second-order valence-corrected chi connectivity index (χ2v) is 7.30. The molecule has 4 rings (SSSR count). The molecule has 5 nitrogen and oxygen atoms in total. The summed E-state index contributed by atoms with van der Waals surface area (Å²) in [6.07, 6.45) is 1.31. The van der Waals surface area contributed by atoms with Crippen molar-refractivity contribution >= 4 is 11.8 Å². The van der Waals surface area contributed by atoms with Gasteiger partial charge in [-0.25, -0.2) is 0 Å². The third-order valence-electron chi connectivity index (χ3n) is 5.22. The lowest BCUT2D eigenvalue weighted by Crippen LogP contribution is -2.55. The van der Waals surface area contributed by atoms with Crippen LogP contribution < -0.4 is 0 Å². The Morgan fingerprint density at radius 3 is 2.33 bits per heavy atom. The quantitative estimate of drug-likeness (QED) is 0.820. The number of nitrogens with zero attached hydrogens (tertiary/aromatic N) is 2. The van der Waals surface area contributed by atoms with Crippen molar-refractivity contribution in [1.82, 2.24) is 9.80 Å². The lowest BCUT2D eigenvalue weighted by Gasteiger charge is -2.42. The Hall–Kier alpha value is -2.66. The van der Waals surface area contributed by atoms with Crippen LogP contribution in [0.25, 0.3) is 0 Å². The van der Waals surface area contributed by atoms with Crippen molar-refractivity contribution in [2.75, 3.05) is 13.7 Å². The standard InChI is InChI=1S/C22H24N2O3/c1-23(14-16-8-4-2-5-9-16)22(26)21-20(17-10-6-3-7-11-17)24(18-12-13-18)19(25)15-27-21/h2-11,18,20-21H,12-15H2,1H3/t20-,21+/m0/s1. The molecule has 1 saturated carbocycles. The van der Waals surface area contributed by atoms with Crippen LogP contribution in [-0.4, -0.2) is 47.4 Å². The van der Waals surface area contributed by atoms with Crippen molar-refractivity contribution in [3.05, 3.63) is 71.8 Å². The van der Waals surface area contributed by atoms with Crippen LogP contribution in [0, 0.1) is 0 Å².